The summed E-state index contributed by atoms with van der Waals surface area (Å²) in [5, 5.41) is 12.9. The van der Waals surface area contributed by atoms with E-state index in [2.05, 4.69) is 26.1 Å². The van der Waals surface area contributed by atoms with Crippen LogP contribution in [-0.2, 0) is 4.74 Å². The van der Waals surface area contributed by atoms with Crippen molar-refractivity contribution in [2.45, 2.75) is 58.4 Å². The monoisotopic (exact) mass is 257 g/mol. The molecule has 0 bridgehead atoms. The summed E-state index contributed by atoms with van der Waals surface area (Å²) in [4.78, 5) is 0. The van der Waals surface area contributed by atoms with Crippen molar-refractivity contribution in [1.82, 2.24) is 5.32 Å². The van der Waals surface area contributed by atoms with E-state index < -0.39 is 0 Å². The van der Waals surface area contributed by atoms with Crippen LogP contribution in [0.3, 0.4) is 0 Å². The Morgan fingerprint density at radius 3 is 2.61 bits per heavy atom. The SMILES string of the molecule is CNC1(CO)CCCC1CCOCCC(C)(C)C. The van der Waals surface area contributed by atoms with Gasteiger partial charge in [-0.3, -0.25) is 0 Å². The average Bonchev–Trinajstić information content (AvgIpc) is 2.71. The Bertz CT molecular complexity index is 231. The Morgan fingerprint density at radius 1 is 1.33 bits per heavy atom. The van der Waals surface area contributed by atoms with Crippen molar-refractivity contribution < 1.29 is 9.84 Å². The van der Waals surface area contributed by atoms with Crippen molar-refractivity contribution in [2.75, 3.05) is 26.9 Å². The highest BCUT2D eigenvalue weighted by atomic mass is 16.5. The summed E-state index contributed by atoms with van der Waals surface area (Å²) < 4.78 is 5.74. The van der Waals surface area contributed by atoms with Gasteiger partial charge < -0.3 is 15.2 Å². The Hall–Kier alpha value is -0.120. The first-order chi connectivity index (χ1) is 8.43. The van der Waals surface area contributed by atoms with Gasteiger partial charge >= 0.3 is 0 Å². The van der Waals surface area contributed by atoms with Gasteiger partial charge in [0, 0.05) is 18.8 Å². The van der Waals surface area contributed by atoms with Crippen LogP contribution < -0.4 is 5.32 Å². The third-order valence-corrected chi connectivity index (χ3v) is 4.34. The molecule has 0 saturated heterocycles. The third-order valence-electron chi connectivity index (χ3n) is 4.34. The van der Waals surface area contributed by atoms with Gasteiger partial charge in [-0.25, -0.2) is 0 Å². The van der Waals surface area contributed by atoms with Crippen LogP contribution in [0.5, 0.6) is 0 Å². The lowest BCUT2D eigenvalue weighted by Crippen LogP contribution is -2.49. The highest BCUT2D eigenvalue weighted by molar-refractivity contribution is 4.97. The summed E-state index contributed by atoms with van der Waals surface area (Å²) in [7, 11) is 1.97. The van der Waals surface area contributed by atoms with Gasteiger partial charge in [-0.15, -0.1) is 0 Å². The Labute approximate surface area is 112 Å². The lowest BCUT2D eigenvalue weighted by Gasteiger charge is -2.33. The fourth-order valence-corrected chi connectivity index (χ4v) is 2.89. The van der Waals surface area contributed by atoms with E-state index in [0.29, 0.717) is 11.3 Å². The van der Waals surface area contributed by atoms with Crippen molar-refractivity contribution >= 4 is 0 Å². The maximum atomic E-state index is 9.59. The number of likely N-dealkylation sites (N-methyl/N-ethyl adjacent to an activating group) is 1. The molecule has 1 rings (SSSR count). The summed E-state index contributed by atoms with van der Waals surface area (Å²) in [6.45, 7) is 8.64. The van der Waals surface area contributed by atoms with Gasteiger partial charge in [0.1, 0.15) is 0 Å². The number of aliphatic hydroxyl groups is 1. The van der Waals surface area contributed by atoms with Crippen molar-refractivity contribution in [3.8, 4) is 0 Å². The van der Waals surface area contributed by atoms with E-state index in [4.69, 9.17) is 4.74 Å². The number of nitrogens with one attached hydrogen (secondary N) is 1. The molecule has 2 unspecified atom stereocenters. The third kappa shape index (κ3) is 4.52. The van der Waals surface area contributed by atoms with Crippen LogP contribution in [0.4, 0.5) is 0 Å². The lowest BCUT2D eigenvalue weighted by atomic mass is 9.85. The largest absolute Gasteiger partial charge is 0.394 e. The van der Waals surface area contributed by atoms with E-state index >= 15 is 0 Å². The van der Waals surface area contributed by atoms with E-state index in [1.54, 1.807) is 0 Å². The quantitative estimate of drug-likeness (QED) is 0.689. The van der Waals surface area contributed by atoms with E-state index in [1.807, 2.05) is 7.05 Å². The zero-order valence-electron chi connectivity index (χ0n) is 12.6. The molecule has 0 aliphatic heterocycles. The lowest BCUT2D eigenvalue weighted by molar-refractivity contribution is 0.0715. The summed E-state index contributed by atoms with van der Waals surface area (Å²) in [6.07, 6.45) is 5.69. The van der Waals surface area contributed by atoms with Crippen LogP contribution in [0.15, 0.2) is 0 Å². The summed E-state index contributed by atoms with van der Waals surface area (Å²) in [5.74, 6) is 0.558. The molecule has 18 heavy (non-hydrogen) atoms. The zero-order chi connectivity index (χ0) is 13.6. The molecule has 3 heteroatoms. The summed E-state index contributed by atoms with van der Waals surface area (Å²) in [6, 6.07) is 0. The van der Waals surface area contributed by atoms with E-state index in [0.717, 1.165) is 32.5 Å². The summed E-state index contributed by atoms with van der Waals surface area (Å²) >= 11 is 0. The molecule has 0 spiro atoms. The number of ether oxygens (including phenoxy) is 1. The standard InChI is InChI=1S/C15H31NO2/c1-14(2,3)9-11-18-10-7-13-6-5-8-15(13,12-17)16-4/h13,16-17H,5-12H2,1-4H3. The maximum Gasteiger partial charge on any atom is 0.0615 e. The second-order valence-electron chi connectivity index (χ2n) is 6.87. The molecule has 0 radical (unpaired) electrons. The van der Waals surface area contributed by atoms with Crippen molar-refractivity contribution in [3.05, 3.63) is 0 Å². The van der Waals surface area contributed by atoms with E-state index in [9.17, 15) is 5.11 Å². The van der Waals surface area contributed by atoms with Gasteiger partial charge in [0.15, 0.2) is 0 Å². The molecular formula is C15H31NO2. The van der Waals surface area contributed by atoms with Crippen LogP contribution in [0.25, 0.3) is 0 Å². The van der Waals surface area contributed by atoms with Crippen LogP contribution in [0.1, 0.15) is 52.9 Å². The molecule has 0 heterocycles. The highest BCUT2D eigenvalue weighted by Gasteiger charge is 2.40. The average molecular weight is 257 g/mol. The number of hydrogen-bond acceptors (Lipinski definition) is 3. The van der Waals surface area contributed by atoms with Crippen LogP contribution >= 0.6 is 0 Å². The first kappa shape index (κ1) is 15.9. The van der Waals surface area contributed by atoms with Gasteiger partial charge in [-0.05, 0) is 44.1 Å². The molecule has 0 aromatic rings. The first-order valence-electron chi connectivity index (χ1n) is 7.31. The second-order valence-corrected chi connectivity index (χ2v) is 6.87. The van der Waals surface area contributed by atoms with E-state index in [1.165, 1.54) is 12.8 Å². The molecule has 108 valence electrons. The minimum Gasteiger partial charge on any atom is -0.394 e. The number of aliphatic hydroxyl groups excluding tert-OH is 1. The fourth-order valence-electron chi connectivity index (χ4n) is 2.89. The van der Waals surface area contributed by atoms with Crippen LogP contribution in [0, 0.1) is 11.3 Å². The minimum atomic E-state index is -0.0482. The van der Waals surface area contributed by atoms with Crippen molar-refractivity contribution in [2.24, 2.45) is 11.3 Å². The molecule has 2 atom stereocenters. The normalized spacial score (nSPS) is 28.8. The molecule has 1 fully saturated rings. The van der Waals surface area contributed by atoms with E-state index in [-0.39, 0.29) is 12.1 Å². The smallest absolute Gasteiger partial charge is 0.0615 e. The molecule has 0 aromatic heterocycles. The number of hydrogen-bond donors (Lipinski definition) is 2. The van der Waals surface area contributed by atoms with Gasteiger partial charge in [0.05, 0.1) is 6.61 Å². The zero-order valence-corrected chi connectivity index (χ0v) is 12.6. The van der Waals surface area contributed by atoms with Crippen LogP contribution in [-0.4, -0.2) is 37.5 Å². The minimum absolute atomic E-state index is 0.0482. The first-order valence-corrected chi connectivity index (χ1v) is 7.31. The van der Waals surface area contributed by atoms with Gasteiger partial charge in [0.25, 0.3) is 0 Å². The maximum absolute atomic E-state index is 9.59. The highest BCUT2D eigenvalue weighted by Crippen LogP contribution is 2.37. The van der Waals surface area contributed by atoms with Crippen molar-refractivity contribution in [1.29, 1.82) is 0 Å². The molecule has 1 saturated carbocycles. The van der Waals surface area contributed by atoms with Gasteiger partial charge in [-0.1, -0.05) is 27.2 Å². The second kappa shape index (κ2) is 6.88. The van der Waals surface area contributed by atoms with Crippen LogP contribution in [0.2, 0.25) is 0 Å². The summed E-state index contributed by atoms with van der Waals surface area (Å²) in [5.41, 5.74) is 0.306. The topological polar surface area (TPSA) is 41.5 Å². The Kier molecular flexibility index (Phi) is 6.09. The van der Waals surface area contributed by atoms with Gasteiger partial charge in [-0.2, -0.15) is 0 Å². The van der Waals surface area contributed by atoms with Gasteiger partial charge in [0.2, 0.25) is 0 Å². The van der Waals surface area contributed by atoms with Crippen molar-refractivity contribution in [3.63, 3.8) is 0 Å². The molecule has 0 aromatic carbocycles. The Morgan fingerprint density at radius 2 is 2.06 bits per heavy atom. The molecule has 3 nitrogen and oxygen atoms in total. The predicted molar refractivity (Wildman–Crippen MR) is 75.7 cm³/mol. The fraction of sp³-hybridized carbons (Fsp3) is 1.00. The molecule has 1 aliphatic rings. The molecular weight excluding hydrogens is 226 g/mol. The number of rotatable bonds is 7. The molecule has 1 aliphatic carbocycles. The predicted octanol–water partition coefficient (Wildman–Crippen LogP) is 2.58. The molecule has 2 N–H and O–H groups in total. The Balaban J connectivity index is 2.23. The molecule has 0 amide bonds.